The third-order valence-corrected chi connectivity index (χ3v) is 3.48. The highest BCUT2D eigenvalue weighted by molar-refractivity contribution is 6.01. The molecule has 0 aromatic heterocycles. The van der Waals surface area contributed by atoms with Gasteiger partial charge in [0, 0.05) is 12.6 Å². The second-order valence-electron chi connectivity index (χ2n) is 5.21. The Morgan fingerprint density at radius 2 is 2.04 bits per heavy atom. The van der Waals surface area contributed by atoms with E-state index < -0.39 is 22.3 Å². The molecule has 1 amide bonds. The summed E-state index contributed by atoms with van der Waals surface area (Å²) < 4.78 is 5.05. The van der Waals surface area contributed by atoms with Gasteiger partial charge in [-0.05, 0) is 35.4 Å². The Kier molecular flexibility index (Phi) is 5.90. The van der Waals surface area contributed by atoms with Crippen molar-refractivity contribution in [3.8, 4) is 17.6 Å². The number of rotatable bonds is 6. The standard InChI is InChI=1S/C18H15N3O5/c1-26-15-5-2-12(3-6-15)11-20-18(23)14(10-19)8-13-4-7-17(22)16(9-13)21(24)25/h2-9,22H,11H2,1H3,(H,20,23)/b14-8-. The molecule has 0 atom stereocenters. The molecule has 0 aliphatic rings. The minimum absolute atomic E-state index is 0.206. The SMILES string of the molecule is COc1ccc(CNC(=O)/C(C#N)=C\c2ccc(O)c([N+](=O)[O-])c2)cc1. The van der Waals surface area contributed by atoms with Crippen LogP contribution in [0.3, 0.4) is 0 Å². The van der Waals surface area contributed by atoms with Crippen LogP contribution in [0, 0.1) is 21.4 Å². The first kappa shape index (κ1) is 18.5. The number of nitrogens with one attached hydrogen (secondary N) is 1. The number of benzene rings is 2. The van der Waals surface area contributed by atoms with Crippen LogP contribution in [0.2, 0.25) is 0 Å². The minimum atomic E-state index is -0.748. The van der Waals surface area contributed by atoms with E-state index in [4.69, 9.17) is 4.74 Å². The average Bonchev–Trinajstić information content (AvgIpc) is 2.65. The number of nitro groups is 1. The maximum atomic E-state index is 12.2. The predicted octanol–water partition coefficient (Wildman–Crippen LogP) is 2.53. The van der Waals surface area contributed by atoms with Crippen molar-refractivity contribution in [2.75, 3.05) is 7.11 Å². The van der Waals surface area contributed by atoms with Gasteiger partial charge in [0.15, 0.2) is 5.75 Å². The van der Waals surface area contributed by atoms with Gasteiger partial charge >= 0.3 is 5.69 Å². The zero-order chi connectivity index (χ0) is 19.1. The number of nitrogens with zero attached hydrogens (tertiary/aromatic N) is 2. The van der Waals surface area contributed by atoms with E-state index in [1.54, 1.807) is 37.4 Å². The number of nitriles is 1. The molecule has 0 spiro atoms. The number of ether oxygens (including phenoxy) is 1. The van der Waals surface area contributed by atoms with Crippen molar-refractivity contribution < 1.29 is 19.6 Å². The second kappa shape index (κ2) is 8.30. The van der Waals surface area contributed by atoms with Gasteiger partial charge in [-0.15, -0.1) is 0 Å². The molecule has 0 saturated heterocycles. The van der Waals surface area contributed by atoms with Crippen LogP contribution in [0.4, 0.5) is 5.69 Å². The normalized spacial score (nSPS) is 10.7. The smallest absolute Gasteiger partial charge is 0.311 e. The molecule has 8 heteroatoms. The number of amides is 1. The Labute approximate surface area is 149 Å². The summed E-state index contributed by atoms with van der Waals surface area (Å²) in [6.45, 7) is 0.206. The largest absolute Gasteiger partial charge is 0.502 e. The van der Waals surface area contributed by atoms with Crippen LogP contribution >= 0.6 is 0 Å². The Morgan fingerprint density at radius 1 is 1.35 bits per heavy atom. The summed E-state index contributed by atoms with van der Waals surface area (Å²) >= 11 is 0. The van der Waals surface area contributed by atoms with Crippen molar-refractivity contribution >= 4 is 17.7 Å². The fraction of sp³-hybridized carbons (Fsp3) is 0.111. The third kappa shape index (κ3) is 4.58. The number of aromatic hydroxyl groups is 1. The van der Waals surface area contributed by atoms with E-state index in [2.05, 4.69) is 5.32 Å². The van der Waals surface area contributed by atoms with Gasteiger partial charge in [0.2, 0.25) is 0 Å². The molecular formula is C18H15N3O5. The number of carbonyl (C=O) groups is 1. The van der Waals surface area contributed by atoms with Crippen LogP contribution in [-0.2, 0) is 11.3 Å². The van der Waals surface area contributed by atoms with E-state index in [0.29, 0.717) is 5.75 Å². The Balaban J connectivity index is 2.12. The van der Waals surface area contributed by atoms with Gasteiger partial charge in [-0.3, -0.25) is 14.9 Å². The number of phenols is 1. The maximum Gasteiger partial charge on any atom is 0.311 e. The Hall–Kier alpha value is -3.86. The number of methoxy groups -OCH3 is 1. The van der Waals surface area contributed by atoms with Crippen molar-refractivity contribution in [3.05, 3.63) is 69.3 Å². The summed E-state index contributed by atoms with van der Waals surface area (Å²) in [7, 11) is 1.55. The van der Waals surface area contributed by atoms with Crippen LogP contribution in [0.5, 0.6) is 11.5 Å². The van der Waals surface area contributed by atoms with Crippen molar-refractivity contribution in [2.45, 2.75) is 6.54 Å². The lowest BCUT2D eigenvalue weighted by Crippen LogP contribution is -2.23. The zero-order valence-electron chi connectivity index (χ0n) is 13.8. The molecular weight excluding hydrogens is 338 g/mol. The first-order valence-electron chi connectivity index (χ1n) is 7.45. The lowest BCUT2D eigenvalue weighted by atomic mass is 10.1. The molecule has 0 bridgehead atoms. The number of hydrogen-bond donors (Lipinski definition) is 2. The average molecular weight is 353 g/mol. The molecule has 132 valence electrons. The van der Waals surface area contributed by atoms with E-state index in [1.807, 2.05) is 0 Å². The highest BCUT2D eigenvalue weighted by Gasteiger charge is 2.14. The zero-order valence-corrected chi connectivity index (χ0v) is 13.8. The fourth-order valence-electron chi connectivity index (χ4n) is 2.11. The van der Waals surface area contributed by atoms with Crippen molar-refractivity contribution in [1.29, 1.82) is 5.26 Å². The van der Waals surface area contributed by atoms with Crippen LogP contribution in [-0.4, -0.2) is 23.0 Å². The second-order valence-corrected chi connectivity index (χ2v) is 5.21. The van der Waals surface area contributed by atoms with Crippen molar-refractivity contribution in [2.24, 2.45) is 0 Å². The molecule has 0 saturated carbocycles. The van der Waals surface area contributed by atoms with Gasteiger partial charge in [-0.2, -0.15) is 5.26 Å². The first-order valence-corrected chi connectivity index (χ1v) is 7.45. The molecule has 26 heavy (non-hydrogen) atoms. The van der Waals surface area contributed by atoms with Gasteiger partial charge in [0.05, 0.1) is 12.0 Å². The molecule has 0 aliphatic heterocycles. The van der Waals surface area contributed by atoms with Gasteiger partial charge in [-0.1, -0.05) is 18.2 Å². The van der Waals surface area contributed by atoms with E-state index in [0.717, 1.165) is 17.7 Å². The van der Waals surface area contributed by atoms with Crippen molar-refractivity contribution in [1.82, 2.24) is 5.32 Å². The van der Waals surface area contributed by atoms with Crippen LogP contribution in [0.25, 0.3) is 6.08 Å². The molecule has 2 aromatic rings. The highest BCUT2D eigenvalue weighted by Crippen LogP contribution is 2.27. The molecule has 0 radical (unpaired) electrons. The fourth-order valence-corrected chi connectivity index (χ4v) is 2.11. The summed E-state index contributed by atoms with van der Waals surface area (Å²) in [5.74, 6) is -0.416. The third-order valence-electron chi connectivity index (χ3n) is 3.48. The van der Waals surface area contributed by atoms with Gasteiger partial charge in [0.1, 0.15) is 17.4 Å². The van der Waals surface area contributed by atoms with Gasteiger partial charge in [-0.25, -0.2) is 0 Å². The number of nitro benzene ring substituents is 1. The van der Waals surface area contributed by atoms with E-state index >= 15 is 0 Å². The summed E-state index contributed by atoms with van der Waals surface area (Å²) in [5, 5.41) is 32.1. The molecule has 0 aliphatic carbocycles. The Morgan fingerprint density at radius 3 is 2.62 bits per heavy atom. The van der Waals surface area contributed by atoms with E-state index in [1.165, 1.54) is 12.1 Å². The summed E-state index contributed by atoms with van der Waals surface area (Å²) in [4.78, 5) is 22.2. The van der Waals surface area contributed by atoms with E-state index in [9.17, 15) is 25.3 Å². The molecule has 8 nitrogen and oxygen atoms in total. The van der Waals surface area contributed by atoms with Crippen LogP contribution in [0.15, 0.2) is 48.0 Å². The number of phenolic OH excluding ortho intramolecular Hbond substituents is 1. The van der Waals surface area contributed by atoms with Gasteiger partial charge < -0.3 is 15.2 Å². The molecule has 0 unspecified atom stereocenters. The molecule has 2 N–H and O–H groups in total. The monoisotopic (exact) mass is 353 g/mol. The minimum Gasteiger partial charge on any atom is -0.502 e. The summed E-state index contributed by atoms with van der Waals surface area (Å²) in [6, 6.07) is 12.4. The quantitative estimate of drug-likeness (QED) is 0.356. The Bertz CT molecular complexity index is 898. The lowest BCUT2D eigenvalue weighted by molar-refractivity contribution is -0.385. The topological polar surface area (TPSA) is 125 Å². The van der Waals surface area contributed by atoms with E-state index in [-0.39, 0.29) is 17.7 Å². The van der Waals surface area contributed by atoms with Gasteiger partial charge in [0.25, 0.3) is 5.91 Å². The van der Waals surface area contributed by atoms with Crippen LogP contribution < -0.4 is 10.1 Å². The summed E-state index contributed by atoms with van der Waals surface area (Å²) in [5.41, 5.74) is 0.357. The highest BCUT2D eigenvalue weighted by atomic mass is 16.6. The molecule has 0 heterocycles. The predicted molar refractivity (Wildman–Crippen MR) is 93.2 cm³/mol. The first-order chi connectivity index (χ1) is 12.4. The molecule has 0 fully saturated rings. The van der Waals surface area contributed by atoms with Crippen LogP contribution in [0.1, 0.15) is 11.1 Å². The maximum absolute atomic E-state index is 12.2. The lowest BCUT2D eigenvalue weighted by Gasteiger charge is -2.06. The number of hydrogen-bond acceptors (Lipinski definition) is 6. The summed E-state index contributed by atoms with van der Waals surface area (Å²) in [6.07, 6.45) is 1.22. The molecule has 2 aromatic carbocycles. The number of carbonyl (C=O) groups excluding carboxylic acids is 1. The van der Waals surface area contributed by atoms with Crippen molar-refractivity contribution in [3.63, 3.8) is 0 Å². The molecule has 2 rings (SSSR count).